The molecule has 0 unspecified atom stereocenters. The van der Waals surface area contributed by atoms with E-state index in [9.17, 15) is 9.59 Å². The summed E-state index contributed by atoms with van der Waals surface area (Å²) in [4.78, 5) is 21.8. The van der Waals surface area contributed by atoms with E-state index in [1.54, 1.807) is 24.3 Å². The lowest BCUT2D eigenvalue weighted by Gasteiger charge is -1.93. The summed E-state index contributed by atoms with van der Waals surface area (Å²) in [6.07, 6.45) is -1.20. The zero-order chi connectivity index (χ0) is 9.42. The number of para-hydroxylation sites is 1. The van der Waals surface area contributed by atoms with Crippen molar-refractivity contribution in [1.82, 2.24) is 9.78 Å². The minimum atomic E-state index is -1.20. The third-order valence-electron chi connectivity index (χ3n) is 1.79. The first-order valence-corrected chi connectivity index (χ1v) is 3.63. The van der Waals surface area contributed by atoms with Crippen molar-refractivity contribution >= 4 is 17.0 Å². The van der Waals surface area contributed by atoms with Crippen LogP contribution in [0.5, 0.6) is 0 Å². The van der Waals surface area contributed by atoms with Crippen LogP contribution in [0, 0.1) is 0 Å². The molecule has 0 spiro atoms. The van der Waals surface area contributed by atoms with Gasteiger partial charge in [-0.05, 0) is 12.1 Å². The lowest BCUT2D eigenvalue weighted by atomic mass is 10.2. The molecule has 13 heavy (non-hydrogen) atoms. The molecule has 0 aliphatic rings. The maximum absolute atomic E-state index is 11.2. The first kappa shape index (κ1) is 7.60. The molecule has 0 saturated carbocycles. The van der Waals surface area contributed by atoms with E-state index in [-0.39, 0.29) is 0 Å². The first-order chi connectivity index (χ1) is 6.20. The molecular weight excluding hydrogens is 172 g/mol. The van der Waals surface area contributed by atoms with Crippen LogP contribution in [-0.2, 0) is 0 Å². The molecule has 0 saturated heterocycles. The number of nitrogens with zero attached hydrogens (tertiary/aromatic N) is 1. The molecule has 5 nitrogen and oxygen atoms in total. The highest BCUT2D eigenvalue weighted by atomic mass is 16.4. The fourth-order valence-corrected chi connectivity index (χ4v) is 1.23. The average Bonchev–Trinajstić information content (AvgIpc) is 2.45. The first-order valence-electron chi connectivity index (χ1n) is 3.63. The lowest BCUT2D eigenvalue weighted by molar-refractivity contribution is 0.194. The van der Waals surface area contributed by atoms with Crippen molar-refractivity contribution in [2.75, 3.05) is 0 Å². The van der Waals surface area contributed by atoms with Gasteiger partial charge in [0.15, 0.2) is 0 Å². The summed E-state index contributed by atoms with van der Waals surface area (Å²) in [6.45, 7) is 0. The largest absolute Gasteiger partial charge is 0.463 e. The van der Waals surface area contributed by atoms with Crippen LogP contribution in [0.1, 0.15) is 0 Å². The highest BCUT2D eigenvalue weighted by Crippen LogP contribution is 2.07. The van der Waals surface area contributed by atoms with E-state index < -0.39 is 11.7 Å². The van der Waals surface area contributed by atoms with Gasteiger partial charge in [-0.25, -0.2) is 4.79 Å². The zero-order valence-corrected chi connectivity index (χ0v) is 6.52. The maximum Gasteiger partial charge on any atom is 0.431 e. The van der Waals surface area contributed by atoms with Gasteiger partial charge >= 0.3 is 6.09 Å². The molecule has 5 heteroatoms. The molecule has 0 fully saturated rings. The zero-order valence-electron chi connectivity index (χ0n) is 6.52. The summed E-state index contributed by atoms with van der Waals surface area (Å²) in [7, 11) is 0. The quantitative estimate of drug-likeness (QED) is 0.628. The summed E-state index contributed by atoms with van der Waals surface area (Å²) >= 11 is 0. The number of nitrogens with one attached hydrogen (secondary N) is 1. The van der Waals surface area contributed by atoms with Gasteiger partial charge < -0.3 is 5.11 Å². The van der Waals surface area contributed by atoms with Crippen LogP contribution < -0.4 is 5.56 Å². The molecule has 0 amide bonds. The van der Waals surface area contributed by atoms with Crippen molar-refractivity contribution in [2.45, 2.75) is 0 Å². The van der Waals surface area contributed by atoms with Crippen molar-refractivity contribution in [3.63, 3.8) is 0 Å². The Hall–Kier alpha value is -2.04. The smallest absolute Gasteiger partial charge is 0.431 e. The Labute approximate surface area is 72.2 Å². The van der Waals surface area contributed by atoms with Crippen molar-refractivity contribution in [3.8, 4) is 0 Å². The summed E-state index contributed by atoms with van der Waals surface area (Å²) < 4.78 is 0.803. The van der Waals surface area contributed by atoms with Crippen LogP contribution in [-0.4, -0.2) is 21.0 Å². The molecule has 1 aromatic carbocycles. The number of rotatable bonds is 0. The van der Waals surface area contributed by atoms with Gasteiger partial charge in [-0.2, -0.15) is 4.68 Å². The second-order valence-electron chi connectivity index (χ2n) is 2.58. The predicted octanol–water partition coefficient (Wildman–Crippen LogP) is 0.856. The van der Waals surface area contributed by atoms with Gasteiger partial charge in [0.2, 0.25) is 0 Å². The van der Waals surface area contributed by atoms with E-state index >= 15 is 0 Å². The lowest BCUT2D eigenvalue weighted by Crippen LogP contribution is -2.12. The molecule has 0 radical (unpaired) electrons. The number of carbonyl (C=O) groups is 1. The Morgan fingerprint density at radius 1 is 1.38 bits per heavy atom. The van der Waals surface area contributed by atoms with Gasteiger partial charge in [-0.1, -0.05) is 12.1 Å². The van der Waals surface area contributed by atoms with E-state index in [4.69, 9.17) is 5.11 Å². The number of carboxylic acid groups (broad SMARTS) is 1. The van der Waals surface area contributed by atoms with Gasteiger partial charge in [0.25, 0.3) is 5.56 Å². The fraction of sp³-hybridized carbons (Fsp3) is 0. The third-order valence-corrected chi connectivity index (χ3v) is 1.79. The second kappa shape index (κ2) is 2.48. The molecule has 0 aliphatic heterocycles. The van der Waals surface area contributed by atoms with E-state index in [1.165, 1.54) is 0 Å². The molecule has 1 heterocycles. The average molecular weight is 178 g/mol. The SMILES string of the molecule is O=C(O)n1[nH]c(=O)c2ccccc21. The third kappa shape index (κ3) is 1.01. The molecule has 2 rings (SSSR count). The van der Waals surface area contributed by atoms with Crippen molar-refractivity contribution in [2.24, 2.45) is 0 Å². The Balaban J connectivity index is 2.94. The van der Waals surface area contributed by atoms with Crippen LogP contribution in [0.3, 0.4) is 0 Å². The predicted molar refractivity (Wildman–Crippen MR) is 46.0 cm³/mol. The van der Waals surface area contributed by atoms with Gasteiger partial charge in [-0.3, -0.25) is 9.89 Å². The highest BCUT2D eigenvalue weighted by molar-refractivity contribution is 5.86. The Bertz CT molecular complexity index is 523. The molecule has 0 atom stereocenters. The van der Waals surface area contributed by atoms with E-state index in [0.29, 0.717) is 10.9 Å². The standard InChI is InChI=1S/C8H6N2O3/c11-7-5-3-1-2-4-6(5)10(9-7)8(12)13/h1-4H,(H,9,11)(H,12,13). The van der Waals surface area contributed by atoms with Gasteiger partial charge in [-0.15, -0.1) is 0 Å². The van der Waals surface area contributed by atoms with Crippen molar-refractivity contribution in [3.05, 3.63) is 34.6 Å². The Kier molecular flexibility index (Phi) is 1.45. The van der Waals surface area contributed by atoms with Crippen LogP contribution in [0.4, 0.5) is 4.79 Å². The molecule has 0 bridgehead atoms. The minimum absolute atomic E-state index is 0.375. The van der Waals surface area contributed by atoms with Crippen LogP contribution in [0.2, 0.25) is 0 Å². The summed E-state index contributed by atoms with van der Waals surface area (Å²) in [5, 5.41) is 11.3. The normalized spacial score (nSPS) is 10.5. The van der Waals surface area contributed by atoms with E-state index in [2.05, 4.69) is 5.10 Å². The van der Waals surface area contributed by atoms with Gasteiger partial charge in [0, 0.05) is 0 Å². The molecule has 2 N–H and O–H groups in total. The summed E-state index contributed by atoms with van der Waals surface area (Å²) in [6, 6.07) is 6.51. The maximum atomic E-state index is 11.2. The van der Waals surface area contributed by atoms with Crippen molar-refractivity contribution < 1.29 is 9.90 Å². The summed E-state index contributed by atoms with van der Waals surface area (Å²) in [5.41, 5.74) is -0.0157. The monoisotopic (exact) mass is 178 g/mol. The van der Waals surface area contributed by atoms with Crippen LogP contribution in [0.25, 0.3) is 10.9 Å². The van der Waals surface area contributed by atoms with Crippen molar-refractivity contribution in [1.29, 1.82) is 0 Å². The van der Waals surface area contributed by atoms with Crippen LogP contribution in [0.15, 0.2) is 29.1 Å². The van der Waals surface area contributed by atoms with E-state index in [1.807, 2.05) is 0 Å². The number of hydrogen-bond donors (Lipinski definition) is 2. The Morgan fingerprint density at radius 2 is 2.08 bits per heavy atom. The number of H-pyrrole nitrogens is 1. The fourth-order valence-electron chi connectivity index (χ4n) is 1.23. The Morgan fingerprint density at radius 3 is 2.77 bits per heavy atom. The topological polar surface area (TPSA) is 75.1 Å². The molecule has 66 valence electrons. The highest BCUT2D eigenvalue weighted by Gasteiger charge is 2.09. The van der Waals surface area contributed by atoms with Gasteiger partial charge in [0.05, 0.1) is 10.9 Å². The van der Waals surface area contributed by atoms with Gasteiger partial charge in [0.1, 0.15) is 0 Å². The van der Waals surface area contributed by atoms with E-state index in [0.717, 1.165) is 4.68 Å². The number of aromatic amines is 1. The molecule has 0 aliphatic carbocycles. The number of fused-ring (bicyclic) bond motifs is 1. The minimum Gasteiger partial charge on any atom is -0.463 e. The number of aromatic nitrogens is 2. The molecule has 2 aromatic rings. The molecule has 1 aromatic heterocycles. The second-order valence-corrected chi connectivity index (χ2v) is 2.58. The summed E-state index contributed by atoms with van der Waals surface area (Å²) in [5.74, 6) is 0. The van der Waals surface area contributed by atoms with Crippen LogP contribution >= 0.6 is 0 Å². The number of benzene rings is 1. The molecular formula is C8H6N2O3. The number of hydrogen-bond acceptors (Lipinski definition) is 2.